The lowest BCUT2D eigenvalue weighted by Crippen LogP contribution is -3.07. The number of nitrogens with one attached hydrogen (secondary N) is 1. The molecule has 2 atom stereocenters. The van der Waals surface area contributed by atoms with Crippen LogP contribution in [0.2, 0.25) is 0 Å². The minimum atomic E-state index is -0.291. The maximum atomic E-state index is 12.1. The van der Waals surface area contributed by atoms with Gasteiger partial charge in [-0.3, -0.25) is 0 Å². The highest BCUT2D eigenvalue weighted by atomic mass is 32.1. The fourth-order valence-electron chi connectivity index (χ4n) is 3.37. The van der Waals surface area contributed by atoms with Gasteiger partial charge in [0.1, 0.15) is 18.2 Å². The molecule has 2 heterocycles. The highest BCUT2D eigenvalue weighted by Crippen LogP contribution is 2.25. The van der Waals surface area contributed by atoms with Gasteiger partial charge in [-0.25, -0.2) is 9.78 Å². The summed E-state index contributed by atoms with van der Waals surface area (Å²) < 4.78 is 6.64. The van der Waals surface area contributed by atoms with Crippen molar-refractivity contribution < 1.29 is 9.32 Å². The second-order valence-electron chi connectivity index (χ2n) is 7.29. The predicted molar refractivity (Wildman–Crippen MR) is 111 cm³/mol. The number of aromatic nitrogens is 1. The zero-order valence-corrected chi connectivity index (χ0v) is 16.8. The quantitative estimate of drug-likeness (QED) is 0.549. The Morgan fingerprint density at radius 2 is 1.89 bits per heavy atom. The van der Waals surface area contributed by atoms with Crippen LogP contribution in [-0.4, -0.2) is 12.0 Å². The molecule has 0 fully saturated rings. The van der Waals surface area contributed by atoms with E-state index in [-0.39, 0.29) is 11.7 Å². The van der Waals surface area contributed by atoms with E-state index in [0.29, 0.717) is 5.58 Å². The number of thiazole rings is 1. The van der Waals surface area contributed by atoms with Crippen LogP contribution in [0.3, 0.4) is 0 Å². The minimum Gasteiger partial charge on any atom is -0.423 e. The first-order valence-electron chi connectivity index (χ1n) is 9.14. The van der Waals surface area contributed by atoms with Crippen LogP contribution in [-0.2, 0) is 6.54 Å². The van der Waals surface area contributed by atoms with Crippen LogP contribution in [0.4, 0.5) is 0 Å². The average Bonchev–Trinajstić information content (AvgIpc) is 3.06. The molecule has 0 aliphatic heterocycles. The van der Waals surface area contributed by atoms with Gasteiger partial charge in [0.25, 0.3) is 0 Å². The van der Waals surface area contributed by atoms with Gasteiger partial charge in [0, 0.05) is 17.0 Å². The Morgan fingerprint density at radius 3 is 2.67 bits per heavy atom. The van der Waals surface area contributed by atoms with Crippen molar-refractivity contribution in [3.05, 3.63) is 74.6 Å². The third-order valence-corrected chi connectivity index (χ3v) is 6.55. The second-order valence-corrected chi connectivity index (χ2v) is 8.35. The third-order valence-electron chi connectivity index (χ3n) is 5.33. The summed E-state index contributed by atoms with van der Waals surface area (Å²) in [6.45, 7) is 7.05. The number of rotatable bonds is 4. The fraction of sp³-hybridized carbons (Fsp3) is 0.273. The minimum absolute atomic E-state index is 0.233. The second kappa shape index (κ2) is 6.91. The molecule has 0 radical (unpaired) electrons. The number of aryl methyl sites for hydroxylation is 2. The normalized spacial score (nSPS) is 13.9. The summed E-state index contributed by atoms with van der Waals surface area (Å²) in [5.74, 6) is 0. The summed E-state index contributed by atoms with van der Waals surface area (Å²) in [6, 6.07) is 14.2. The van der Waals surface area contributed by atoms with E-state index < -0.39 is 0 Å². The molecule has 27 heavy (non-hydrogen) atoms. The van der Waals surface area contributed by atoms with Gasteiger partial charge >= 0.3 is 5.63 Å². The molecule has 4 aromatic rings. The molecule has 4 nitrogen and oxygen atoms in total. The van der Waals surface area contributed by atoms with Gasteiger partial charge in [-0.2, -0.15) is 0 Å². The van der Waals surface area contributed by atoms with Crippen molar-refractivity contribution in [2.45, 2.75) is 33.4 Å². The molecule has 4 rings (SSSR count). The lowest BCUT2D eigenvalue weighted by molar-refractivity contribution is -0.923. The molecule has 1 N–H and O–H groups in total. The number of para-hydroxylation sites is 1. The van der Waals surface area contributed by atoms with Crippen molar-refractivity contribution in [3.8, 4) is 0 Å². The van der Waals surface area contributed by atoms with E-state index in [1.165, 1.54) is 15.2 Å². The molecule has 0 spiro atoms. The molecular formula is C22H23N2O2S+. The largest absolute Gasteiger partial charge is 0.423 e. The molecule has 5 heteroatoms. The van der Waals surface area contributed by atoms with Gasteiger partial charge in [-0.1, -0.05) is 12.1 Å². The molecule has 2 aromatic heterocycles. The lowest BCUT2D eigenvalue weighted by Gasteiger charge is -2.20. The van der Waals surface area contributed by atoms with Gasteiger partial charge in [-0.15, -0.1) is 11.3 Å². The third kappa shape index (κ3) is 3.40. The van der Waals surface area contributed by atoms with Crippen LogP contribution in [0.25, 0.3) is 21.2 Å². The number of hydrogen-bond donors (Lipinski definition) is 1. The SMILES string of the molecule is Cc1cc2oc(=O)cc(C[NH+](C)[C@@H](C)c3nc4ccccc4s3)c2cc1C. The van der Waals surface area contributed by atoms with E-state index in [1.807, 2.05) is 25.1 Å². The number of quaternary nitrogens is 1. The summed E-state index contributed by atoms with van der Waals surface area (Å²) in [6.07, 6.45) is 0. The molecule has 0 bridgehead atoms. The first-order valence-corrected chi connectivity index (χ1v) is 9.96. The van der Waals surface area contributed by atoms with E-state index in [9.17, 15) is 4.79 Å². The summed E-state index contributed by atoms with van der Waals surface area (Å²) in [5.41, 5.74) is 4.78. The Kier molecular flexibility index (Phi) is 4.58. The summed E-state index contributed by atoms with van der Waals surface area (Å²) >= 11 is 1.74. The molecular weight excluding hydrogens is 356 g/mol. The maximum Gasteiger partial charge on any atom is 0.336 e. The molecule has 0 amide bonds. The zero-order chi connectivity index (χ0) is 19.1. The van der Waals surface area contributed by atoms with Crippen LogP contribution in [0.1, 0.15) is 34.7 Å². The number of fused-ring (bicyclic) bond motifs is 2. The Bertz CT molecular complexity index is 1160. The number of hydrogen-bond acceptors (Lipinski definition) is 4. The maximum absolute atomic E-state index is 12.1. The highest BCUT2D eigenvalue weighted by Gasteiger charge is 2.21. The zero-order valence-electron chi connectivity index (χ0n) is 16.0. The predicted octanol–water partition coefficient (Wildman–Crippen LogP) is 3.80. The molecule has 0 saturated carbocycles. The summed E-state index contributed by atoms with van der Waals surface area (Å²) in [7, 11) is 2.15. The van der Waals surface area contributed by atoms with Crippen LogP contribution in [0.5, 0.6) is 0 Å². The van der Waals surface area contributed by atoms with Gasteiger partial charge in [0.15, 0.2) is 5.01 Å². The first kappa shape index (κ1) is 17.9. The smallest absolute Gasteiger partial charge is 0.336 e. The van der Waals surface area contributed by atoms with Gasteiger partial charge < -0.3 is 9.32 Å². The van der Waals surface area contributed by atoms with Crippen LogP contribution >= 0.6 is 11.3 Å². The van der Waals surface area contributed by atoms with Gasteiger partial charge in [0.05, 0.1) is 17.3 Å². The Hall–Kier alpha value is -2.50. The average molecular weight is 380 g/mol. The van der Waals surface area contributed by atoms with Crippen LogP contribution in [0, 0.1) is 13.8 Å². The standard InChI is InChI=1S/C22H22N2O2S/c1-13-9-17-16(11-21(25)26-19(17)10-14(13)2)12-24(4)15(3)22-23-18-7-5-6-8-20(18)27-22/h5-11,15H,12H2,1-4H3/p+1/t15-/m0/s1. The van der Waals surface area contributed by atoms with E-state index in [0.717, 1.165) is 33.6 Å². The molecule has 0 aliphatic carbocycles. The molecule has 0 saturated heterocycles. The highest BCUT2D eigenvalue weighted by molar-refractivity contribution is 7.18. The molecule has 1 unspecified atom stereocenters. The Labute approximate surface area is 162 Å². The monoisotopic (exact) mass is 379 g/mol. The number of benzene rings is 2. The fourth-order valence-corrected chi connectivity index (χ4v) is 4.48. The van der Waals surface area contributed by atoms with Crippen molar-refractivity contribution in [1.29, 1.82) is 0 Å². The van der Waals surface area contributed by atoms with E-state index in [2.05, 4.69) is 39.1 Å². The van der Waals surface area contributed by atoms with Crippen molar-refractivity contribution in [2.75, 3.05) is 7.05 Å². The van der Waals surface area contributed by atoms with E-state index in [4.69, 9.17) is 9.40 Å². The van der Waals surface area contributed by atoms with Crippen LogP contribution < -0.4 is 10.5 Å². The van der Waals surface area contributed by atoms with Crippen molar-refractivity contribution in [3.63, 3.8) is 0 Å². The lowest BCUT2D eigenvalue weighted by atomic mass is 10.0. The van der Waals surface area contributed by atoms with E-state index in [1.54, 1.807) is 17.4 Å². The Morgan fingerprint density at radius 1 is 1.15 bits per heavy atom. The molecule has 0 aliphatic rings. The molecule has 2 aromatic carbocycles. The van der Waals surface area contributed by atoms with Crippen molar-refractivity contribution in [2.24, 2.45) is 0 Å². The van der Waals surface area contributed by atoms with Crippen molar-refractivity contribution in [1.82, 2.24) is 4.98 Å². The first-order chi connectivity index (χ1) is 12.9. The summed E-state index contributed by atoms with van der Waals surface area (Å²) in [5, 5.41) is 2.14. The van der Waals surface area contributed by atoms with E-state index >= 15 is 0 Å². The van der Waals surface area contributed by atoms with Gasteiger partial charge in [-0.05, 0) is 56.2 Å². The number of nitrogens with zero attached hydrogens (tertiary/aromatic N) is 1. The van der Waals surface area contributed by atoms with Gasteiger partial charge in [0.2, 0.25) is 0 Å². The Balaban J connectivity index is 1.68. The van der Waals surface area contributed by atoms with Crippen LogP contribution in [0.15, 0.2) is 51.7 Å². The van der Waals surface area contributed by atoms with Crippen molar-refractivity contribution >= 4 is 32.5 Å². The molecule has 138 valence electrons. The summed E-state index contributed by atoms with van der Waals surface area (Å²) in [4.78, 5) is 18.1. The topological polar surface area (TPSA) is 47.5 Å².